The largest absolute Gasteiger partial charge is 0.463 e. The highest BCUT2D eigenvalue weighted by atomic mass is 31.2. The van der Waals surface area contributed by atoms with Crippen molar-refractivity contribution >= 4 is 40.7 Å². The van der Waals surface area contributed by atoms with Crippen LogP contribution in [0.2, 0.25) is 0 Å². The van der Waals surface area contributed by atoms with Gasteiger partial charge in [-0.3, -0.25) is 71.0 Å². The van der Waals surface area contributed by atoms with Gasteiger partial charge in [-0.05, 0) is 98.7 Å². The molecule has 3 saturated heterocycles. The summed E-state index contributed by atoms with van der Waals surface area (Å²) in [5.41, 5.74) is -16.1. The van der Waals surface area contributed by atoms with E-state index in [0.29, 0.717) is 32.3 Å². The number of rotatable bonds is 33. The second kappa shape index (κ2) is 39.9. The van der Waals surface area contributed by atoms with Crippen LogP contribution in [0.3, 0.4) is 0 Å². The Balaban J connectivity index is 0.000000242. The number of hydrogen-bond donors (Lipinski definition) is 9. The Morgan fingerprint density at radius 2 is 0.624 bits per heavy atom. The van der Waals surface area contributed by atoms with E-state index < -0.39 is 257 Å². The first-order valence-corrected chi connectivity index (χ1v) is 41.4. The molecule has 0 amide bonds. The van der Waals surface area contributed by atoms with Gasteiger partial charge in [-0.2, -0.15) is 13.2 Å². The fourth-order valence-corrected chi connectivity index (χ4v) is 18.4. The Bertz CT molecular complexity index is 4440. The lowest BCUT2D eigenvalue weighted by Gasteiger charge is -2.30. The maximum Gasteiger partial charge on any atom is 0.380 e. The van der Waals surface area contributed by atoms with Crippen LogP contribution in [-0.2, 0) is 70.1 Å². The molecule has 0 bridgehead atoms. The maximum absolute atomic E-state index is 14.1. The molecule has 0 spiro atoms. The van der Waals surface area contributed by atoms with Crippen molar-refractivity contribution in [2.75, 3.05) is 38.5 Å². The van der Waals surface area contributed by atoms with Gasteiger partial charge in [0.15, 0.2) is 35.5 Å². The molecule has 3 aromatic carbocycles. The Morgan fingerprint density at radius 1 is 0.410 bits per heavy atom. The van der Waals surface area contributed by atoms with E-state index in [9.17, 15) is 114 Å². The van der Waals surface area contributed by atoms with Gasteiger partial charge in [0.05, 0.1) is 91.5 Å². The van der Waals surface area contributed by atoms with E-state index in [1.807, 2.05) is 0 Å². The number of para-hydroxylation sites is 3. The molecule has 0 saturated carbocycles. The molecule has 3 aliphatic rings. The molecule has 0 aliphatic carbocycles. The summed E-state index contributed by atoms with van der Waals surface area (Å²) in [5.74, 6) is -8.73. The lowest BCUT2D eigenvalue weighted by molar-refractivity contribution is -0.152. The molecule has 9 N–H and O–H groups in total. The van der Waals surface area contributed by atoms with Gasteiger partial charge in [0.1, 0.15) is 73.9 Å². The molecule has 117 heavy (non-hydrogen) atoms. The zero-order chi connectivity index (χ0) is 87.4. The number of nitrogens with zero attached hydrogens (tertiary/aromatic N) is 3. The van der Waals surface area contributed by atoms with Crippen molar-refractivity contribution in [3.8, 4) is 17.2 Å². The maximum atomic E-state index is 14.1. The highest BCUT2D eigenvalue weighted by Crippen LogP contribution is 2.56. The van der Waals surface area contributed by atoms with Gasteiger partial charge in [0, 0.05) is 0 Å². The topological polar surface area (TPSA) is 499 Å². The summed E-state index contributed by atoms with van der Waals surface area (Å²) in [6.45, 7) is 13.1. The number of hydrogen-bond acceptors (Lipinski definition) is 30. The number of aliphatic hydroxyl groups excluding tert-OH is 3. The van der Waals surface area contributed by atoms with Gasteiger partial charge < -0.3 is 72.6 Å². The van der Waals surface area contributed by atoms with E-state index in [2.05, 4.69) is 0 Å². The van der Waals surface area contributed by atoms with Crippen molar-refractivity contribution in [1.82, 2.24) is 28.7 Å². The van der Waals surface area contributed by atoms with Gasteiger partial charge in [0.2, 0.25) is 17.5 Å². The number of ether oxygens (including phenoxy) is 6. The van der Waals surface area contributed by atoms with E-state index in [4.69, 9.17) is 55.6 Å². The summed E-state index contributed by atoms with van der Waals surface area (Å²) in [6, 6.07) is 23.7. The quantitative estimate of drug-likeness (QED) is 0.0103. The molecule has 4 unspecified atom stereocenters. The molecule has 36 nitrogen and oxygen atoms in total. The zero-order valence-electron chi connectivity index (χ0n) is 65.0. The second-order valence-electron chi connectivity index (χ2n) is 28.7. The lowest BCUT2D eigenvalue weighted by atomic mass is 9.93. The summed E-state index contributed by atoms with van der Waals surface area (Å²) in [7, 11) is -12.7. The molecule has 3 aliphatic heterocycles. The summed E-state index contributed by atoms with van der Waals surface area (Å²) < 4.78 is 193. The van der Waals surface area contributed by atoms with Gasteiger partial charge in [0.25, 0.3) is 16.7 Å². The van der Waals surface area contributed by atoms with E-state index >= 15 is 0 Å². The number of carbonyl (C=O) groups is 3. The molecule has 45 heteroatoms. The first-order chi connectivity index (χ1) is 54.6. The normalized spacial score (nSPS) is 26.1. The standard InChI is InChI=1S/3C24H31F2N2O10P/c3*1-13(2)35-21(31)14(3)11-39(34,38-16-8-6-5-7-9-16)37-15(4)18-19(29)24(33,12-25)22(36-18)28-10-17(26)20(30)27-23(28)32/h3*5-10,13-15,18-19,22,29,33H,11-12H2,1-4H3,(H,27,30,32)/t14-,15-,18-,19+,22-,24?,39?;14-,15-,18-,19+,22-,24?,39+;14-,15-,18-,19+,22-,24?,39-/m111/s1. The number of aromatic amines is 3. The van der Waals surface area contributed by atoms with Crippen LogP contribution in [0.4, 0.5) is 26.3 Å². The molecule has 3 fully saturated rings. The van der Waals surface area contributed by atoms with Crippen molar-refractivity contribution in [3.05, 3.63) is 190 Å². The molecule has 21 atom stereocenters. The number of halogens is 6. The van der Waals surface area contributed by atoms with Crippen LogP contribution in [0.1, 0.15) is 102 Å². The van der Waals surface area contributed by atoms with Crippen molar-refractivity contribution in [2.45, 2.75) is 192 Å². The molecular formula is C72H93F6N6O30P3. The lowest BCUT2D eigenvalue weighted by Crippen LogP contribution is -2.52. The second-order valence-corrected chi connectivity index (χ2v) is 34.6. The monoisotopic (exact) mass is 1730 g/mol. The van der Waals surface area contributed by atoms with Crippen LogP contribution < -0.4 is 47.3 Å². The average molecular weight is 1730 g/mol. The highest BCUT2D eigenvalue weighted by Gasteiger charge is 2.62. The predicted octanol–water partition coefficient (Wildman–Crippen LogP) is 5.70. The molecule has 6 heterocycles. The number of aliphatic hydroxyl groups is 6. The third kappa shape index (κ3) is 23.4. The van der Waals surface area contributed by atoms with E-state index in [-0.39, 0.29) is 17.2 Å². The molecule has 9 rings (SSSR count). The average Bonchev–Trinajstić information content (AvgIpc) is 1.61. The van der Waals surface area contributed by atoms with Crippen molar-refractivity contribution in [3.63, 3.8) is 0 Å². The fourth-order valence-electron chi connectivity index (χ4n) is 12.1. The summed E-state index contributed by atoms with van der Waals surface area (Å²) in [4.78, 5) is 113. The SMILES string of the molecule is CC(C)OC(=O)[C@H](C)CP(=O)(Oc1ccccc1)O[C@H](C)[C@H]1O[C@@H](n2cc(F)c(=O)[nH]c2=O)C(O)(CF)[C@H]1O.CC(C)OC(=O)[C@H](C)C[P@@](=O)(Oc1ccccc1)O[C@H](C)[C@H]1O[C@@H](n2cc(F)c(=O)[nH]c2=O)C(O)(CF)[C@H]1O.CC(C)OC(=O)[C@H](C)C[P@](=O)(Oc1ccccc1)O[C@H](C)[C@H]1O[C@@H](n2cc(F)c(=O)[nH]c2=O)C(O)(CF)[C@H]1O. The Labute approximate surface area is 662 Å². The number of benzene rings is 3. The minimum absolute atomic E-state index is 0.138. The molecule has 648 valence electrons. The minimum atomic E-state index is -4.24. The van der Waals surface area contributed by atoms with Crippen LogP contribution in [0.15, 0.2) is 138 Å². The van der Waals surface area contributed by atoms with E-state index in [0.717, 1.165) is 0 Å². The summed E-state index contributed by atoms with van der Waals surface area (Å²) in [6.07, 6.45) is -22.7. The zero-order valence-corrected chi connectivity index (χ0v) is 67.6. The van der Waals surface area contributed by atoms with Crippen molar-refractivity contribution in [2.24, 2.45) is 17.8 Å². The number of esters is 3. The summed E-state index contributed by atoms with van der Waals surface area (Å²) in [5, 5.41) is 65.0. The van der Waals surface area contributed by atoms with Crippen LogP contribution >= 0.6 is 22.8 Å². The van der Waals surface area contributed by atoms with Crippen molar-refractivity contribution < 1.29 is 141 Å². The highest BCUT2D eigenvalue weighted by molar-refractivity contribution is 7.55. The van der Waals surface area contributed by atoms with Crippen LogP contribution in [0.25, 0.3) is 0 Å². The first kappa shape index (κ1) is 95.4. The number of aromatic nitrogens is 6. The molecule has 0 radical (unpaired) electrons. The predicted molar refractivity (Wildman–Crippen MR) is 398 cm³/mol. The van der Waals surface area contributed by atoms with Crippen LogP contribution in [0, 0.1) is 35.2 Å². The molecular weight excluding hydrogens is 1640 g/mol. The van der Waals surface area contributed by atoms with Crippen molar-refractivity contribution in [1.29, 1.82) is 0 Å². The minimum Gasteiger partial charge on any atom is -0.463 e. The number of nitrogens with one attached hydrogen (secondary N) is 3. The number of H-pyrrole nitrogens is 3. The van der Waals surface area contributed by atoms with E-state index in [1.54, 1.807) is 111 Å². The van der Waals surface area contributed by atoms with Gasteiger partial charge >= 0.3 is 57.8 Å². The van der Waals surface area contributed by atoms with Gasteiger partial charge in [-0.25, -0.2) is 41.3 Å². The first-order valence-electron chi connectivity index (χ1n) is 36.2. The third-order valence-corrected chi connectivity index (χ3v) is 24.3. The van der Waals surface area contributed by atoms with Gasteiger partial charge in [-0.15, -0.1) is 0 Å². The Kier molecular flexibility index (Phi) is 32.6. The Hall–Kier alpha value is -8.70. The summed E-state index contributed by atoms with van der Waals surface area (Å²) >= 11 is 0. The third-order valence-electron chi connectivity index (χ3n) is 17.9. The molecule has 6 aromatic rings. The van der Waals surface area contributed by atoms with Crippen LogP contribution in [-0.4, -0.2) is 206 Å². The Morgan fingerprint density at radius 3 is 0.821 bits per heavy atom. The van der Waals surface area contributed by atoms with Crippen LogP contribution in [0.5, 0.6) is 17.2 Å². The van der Waals surface area contributed by atoms with Gasteiger partial charge in [-0.1, -0.05) is 75.4 Å². The smallest absolute Gasteiger partial charge is 0.380 e. The van der Waals surface area contributed by atoms with E-state index in [1.165, 1.54) is 77.9 Å². The fraction of sp³-hybridized carbons (Fsp3) is 0.542. The number of alkyl halides is 3. The number of carbonyl (C=O) groups excluding carboxylic acids is 3. The molecule has 3 aromatic heterocycles.